The van der Waals surface area contributed by atoms with Gasteiger partial charge in [-0.15, -0.1) is 0 Å². The molecule has 0 spiro atoms. The fourth-order valence-electron chi connectivity index (χ4n) is 1.73. The first kappa shape index (κ1) is 6.71. The molecule has 0 bridgehead atoms. The maximum Gasteiger partial charge on any atom is 0.137 e. The molecule has 0 atom stereocenters. The van der Waals surface area contributed by atoms with E-state index >= 15 is 0 Å². The number of rotatable bonds is 0. The second-order valence-corrected chi connectivity index (χ2v) is 3.18. The van der Waals surface area contributed by atoms with Gasteiger partial charge in [-0.2, -0.15) is 0 Å². The van der Waals surface area contributed by atoms with E-state index in [0.717, 1.165) is 16.9 Å². The van der Waals surface area contributed by atoms with Crippen LogP contribution in [0.4, 0.5) is 0 Å². The van der Waals surface area contributed by atoms with Crippen LogP contribution in [0.3, 0.4) is 0 Å². The number of aliphatic hydroxyl groups is 1. The van der Waals surface area contributed by atoms with Gasteiger partial charge in [0.1, 0.15) is 11.6 Å². The van der Waals surface area contributed by atoms with Gasteiger partial charge in [-0.05, 0) is 12.1 Å². The van der Waals surface area contributed by atoms with Crippen molar-refractivity contribution in [3.63, 3.8) is 0 Å². The standard InChI is InChI=1S/C10H8N2O/c13-7-5-10-11-8-3-1-2-4-9(8)12(10)6-7/h1-5,13H,6H2. The molecule has 1 aromatic carbocycles. The minimum absolute atomic E-state index is 0.383. The minimum atomic E-state index is 0.383. The van der Waals surface area contributed by atoms with E-state index in [1.165, 1.54) is 0 Å². The Hall–Kier alpha value is -1.77. The van der Waals surface area contributed by atoms with Crippen LogP contribution in [0.15, 0.2) is 30.0 Å². The normalized spacial score (nSPS) is 14.6. The summed E-state index contributed by atoms with van der Waals surface area (Å²) in [5, 5.41) is 9.30. The molecule has 0 radical (unpaired) electrons. The Balaban J connectivity index is 2.39. The van der Waals surface area contributed by atoms with Crippen molar-refractivity contribution in [1.29, 1.82) is 0 Å². The summed E-state index contributed by atoms with van der Waals surface area (Å²) >= 11 is 0. The van der Waals surface area contributed by atoms with Gasteiger partial charge in [-0.1, -0.05) is 12.1 Å². The Labute approximate surface area is 74.9 Å². The summed E-state index contributed by atoms with van der Waals surface area (Å²) in [5.41, 5.74) is 2.07. The van der Waals surface area contributed by atoms with Gasteiger partial charge in [0.2, 0.25) is 0 Å². The number of para-hydroxylation sites is 2. The lowest BCUT2D eigenvalue weighted by atomic mass is 10.3. The fraction of sp³-hybridized carbons (Fsp3) is 0.100. The van der Waals surface area contributed by atoms with Gasteiger partial charge in [0.05, 0.1) is 17.6 Å². The molecule has 3 heteroatoms. The van der Waals surface area contributed by atoms with Gasteiger partial charge in [0.25, 0.3) is 0 Å². The van der Waals surface area contributed by atoms with E-state index in [1.54, 1.807) is 6.08 Å². The Morgan fingerprint density at radius 2 is 2.15 bits per heavy atom. The van der Waals surface area contributed by atoms with E-state index in [1.807, 2.05) is 28.8 Å². The van der Waals surface area contributed by atoms with E-state index in [0.29, 0.717) is 12.3 Å². The molecule has 0 amide bonds. The van der Waals surface area contributed by atoms with Gasteiger partial charge in [-0.25, -0.2) is 4.98 Å². The van der Waals surface area contributed by atoms with Crippen molar-refractivity contribution < 1.29 is 5.11 Å². The van der Waals surface area contributed by atoms with Crippen molar-refractivity contribution in [2.75, 3.05) is 0 Å². The first-order valence-electron chi connectivity index (χ1n) is 4.19. The molecule has 0 fully saturated rings. The molecule has 2 aromatic rings. The zero-order valence-electron chi connectivity index (χ0n) is 6.94. The fourth-order valence-corrected chi connectivity index (χ4v) is 1.73. The molecule has 1 aromatic heterocycles. The molecular weight excluding hydrogens is 164 g/mol. The number of benzene rings is 1. The van der Waals surface area contributed by atoms with Gasteiger partial charge in [-0.3, -0.25) is 0 Å². The van der Waals surface area contributed by atoms with Gasteiger partial charge in [0.15, 0.2) is 0 Å². The highest BCUT2D eigenvalue weighted by atomic mass is 16.3. The minimum Gasteiger partial charge on any atom is -0.510 e. The molecule has 13 heavy (non-hydrogen) atoms. The summed E-state index contributed by atoms with van der Waals surface area (Å²) in [6.45, 7) is 0.551. The highest BCUT2D eigenvalue weighted by Gasteiger charge is 2.15. The van der Waals surface area contributed by atoms with Crippen molar-refractivity contribution in [1.82, 2.24) is 9.55 Å². The summed E-state index contributed by atoms with van der Waals surface area (Å²) in [7, 11) is 0. The predicted octanol–water partition coefficient (Wildman–Crippen LogP) is 1.95. The van der Waals surface area contributed by atoms with Crippen molar-refractivity contribution in [3.8, 4) is 0 Å². The summed E-state index contributed by atoms with van der Waals surface area (Å²) < 4.78 is 2.00. The van der Waals surface area contributed by atoms with Crippen LogP contribution in [0.5, 0.6) is 0 Å². The maximum atomic E-state index is 9.30. The Bertz CT molecular complexity index is 511. The van der Waals surface area contributed by atoms with E-state index in [2.05, 4.69) is 4.98 Å². The maximum absolute atomic E-state index is 9.30. The van der Waals surface area contributed by atoms with Crippen molar-refractivity contribution in [2.24, 2.45) is 0 Å². The SMILES string of the molecule is OC1=Cc2nc3ccccc3n2C1. The van der Waals surface area contributed by atoms with Crippen LogP contribution in [0, 0.1) is 0 Å². The van der Waals surface area contributed by atoms with Crippen LogP contribution >= 0.6 is 0 Å². The van der Waals surface area contributed by atoms with E-state index in [4.69, 9.17) is 0 Å². The molecule has 0 unspecified atom stereocenters. The largest absolute Gasteiger partial charge is 0.510 e. The molecule has 3 rings (SSSR count). The second kappa shape index (κ2) is 2.13. The van der Waals surface area contributed by atoms with Gasteiger partial charge in [0, 0.05) is 6.08 Å². The summed E-state index contributed by atoms with van der Waals surface area (Å²) in [4.78, 5) is 4.37. The molecule has 64 valence electrons. The third-order valence-electron chi connectivity index (χ3n) is 2.30. The predicted molar refractivity (Wildman–Crippen MR) is 50.3 cm³/mol. The van der Waals surface area contributed by atoms with Crippen LogP contribution in [-0.2, 0) is 6.54 Å². The number of aromatic nitrogens is 2. The monoisotopic (exact) mass is 172 g/mol. The Morgan fingerprint density at radius 1 is 1.31 bits per heavy atom. The molecule has 1 aliphatic rings. The number of aliphatic hydroxyl groups excluding tert-OH is 1. The summed E-state index contributed by atoms with van der Waals surface area (Å²) in [6.07, 6.45) is 1.71. The van der Waals surface area contributed by atoms with Crippen molar-refractivity contribution in [3.05, 3.63) is 35.8 Å². The summed E-state index contributed by atoms with van der Waals surface area (Å²) in [6, 6.07) is 7.94. The lowest BCUT2D eigenvalue weighted by molar-refractivity contribution is 0.391. The number of allylic oxidation sites excluding steroid dienone is 1. The number of imidazole rings is 1. The zero-order valence-corrected chi connectivity index (χ0v) is 6.94. The highest BCUT2D eigenvalue weighted by Crippen LogP contribution is 2.23. The van der Waals surface area contributed by atoms with Crippen LogP contribution < -0.4 is 0 Å². The molecular formula is C10H8N2O. The number of hydrogen-bond donors (Lipinski definition) is 1. The molecule has 3 nitrogen and oxygen atoms in total. The number of hydrogen-bond acceptors (Lipinski definition) is 2. The van der Waals surface area contributed by atoms with Crippen LogP contribution in [0.1, 0.15) is 5.82 Å². The number of nitrogens with zero attached hydrogens (tertiary/aromatic N) is 2. The third kappa shape index (κ3) is 0.811. The Morgan fingerprint density at radius 3 is 3.08 bits per heavy atom. The lowest BCUT2D eigenvalue weighted by Crippen LogP contribution is -1.94. The van der Waals surface area contributed by atoms with Crippen LogP contribution in [0.25, 0.3) is 17.1 Å². The first-order chi connectivity index (χ1) is 6.34. The van der Waals surface area contributed by atoms with E-state index in [-0.39, 0.29) is 0 Å². The van der Waals surface area contributed by atoms with Crippen molar-refractivity contribution in [2.45, 2.75) is 6.54 Å². The van der Waals surface area contributed by atoms with Crippen molar-refractivity contribution >= 4 is 17.1 Å². The molecule has 0 aliphatic carbocycles. The molecule has 1 aliphatic heterocycles. The quantitative estimate of drug-likeness (QED) is 0.659. The smallest absolute Gasteiger partial charge is 0.137 e. The van der Waals surface area contributed by atoms with Crippen LogP contribution in [-0.4, -0.2) is 14.7 Å². The van der Waals surface area contributed by atoms with Gasteiger partial charge < -0.3 is 9.67 Å². The molecule has 0 saturated carbocycles. The van der Waals surface area contributed by atoms with Gasteiger partial charge >= 0.3 is 0 Å². The molecule has 1 N–H and O–H groups in total. The second-order valence-electron chi connectivity index (χ2n) is 3.18. The number of fused-ring (bicyclic) bond motifs is 3. The van der Waals surface area contributed by atoms with E-state index < -0.39 is 0 Å². The summed E-state index contributed by atoms with van der Waals surface area (Å²) in [5.74, 6) is 1.23. The molecule has 2 heterocycles. The topological polar surface area (TPSA) is 38.1 Å². The van der Waals surface area contributed by atoms with E-state index in [9.17, 15) is 5.11 Å². The lowest BCUT2D eigenvalue weighted by Gasteiger charge is -1.97. The average Bonchev–Trinajstić information content (AvgIpc) is 2.60. The van der Waals surface area contributed by atoms with Crippen LogP contribution in [0.2, 0.25) is 0 Å². The Kier molecular flexibility index (Phi) is 1.10. The average molecular weight is 172 g/mol. The third-order valence-corrected chi connectivity index (χ3v) is 2.30. The first-order valence-corrected chi connectivity index (χ1v) is 4.19. The highest BCUT2D eigenvalue weighted by molar-refractivity contribution is 5.79. The zero-order chi connectivity index (χ0) is 8.84. The molecule has 0 saturated heterocycles.